The van der Waals surface area contributed by atoms with Crippen molar-refractivity contribution < 1.29 is 9.90 Å². The molecule has 5 heteroatoms. The van der Waals surface area contributed by atoms with Crippen LogP contribution in [0.4, 0.5) is 0 Å². The summed E-state index contributed by atoms with van der Waals surface area (Å²) in [5.41, 5.74) is 1.55. The quantitative estimate of drug-likeness (QED) is 0.860. The maximum Gasteiger partial charge on any atom is 0.251 e. The normalized spacial score (nSPS) is 12.9. The van der Waals surface area contributed by atoms with Gasteiger partial charge in [-0.25, -0.2) is 0 Å². The summed E-state index contributed by atoms with van der Waals surface area (Å²) in [4.78, 5) is 12.1. The predicted molar refractivity (Wildman–Crippen MR) is 90.2 cm³/mol. The second-order valence-electron chi connectivity index (χ2n) is 6.83. The second-order valence-corrected chi connectivity index (χ2v) is 6.83. The summed E-state index contributed by atoms with van der Waals surface area (Å²) in [6.07, 6.45) is 3.76. The molecule has 1 amide bonds. The fourth-order valence-corrected chi connectivity index (χ4v) is 2.20. The maximum atomic E-state index is 12.1. The van der Waals surface area contributed by atoms with Crippen molar-refractivity contribution in [3.05, 3.63) is 53.9 Å². The number of carbonyl (C=O) groups is 1. The minimum Gasteiger partial charge on any atom is -0.393 e. The van der Waals surface area contributed by atoms with Gasteiger partial charge in [-0.2, -0.15) is 5.10 Å². The molecule has 124 valence electrons. The highest BCUT2D eigenvalue weighted by Crippen LogP contribution is 2.20. The predicted octanol–water partition coefficient (Wildman–Crippen LogP) is 2.46. The van der Waals surface area contributed by atoms with E-state index in [0.29, 0.717) is 25.1 Å². The maximum absolute atomic E-state index is 12.1. The molecule has 1 aromatic carbocycles. The molecule has 0 aliphatic heterocycles. The topological polar surface area (TPSA) is 67.2 Å². The first-order valence-electron chi connectivity index (χ1n) is 7.89. The van der Waals surface area contributed by atoms with Gasteiger partial charge in [0.15, 0.2) is 0 Å². The average Bonchev–Trinajstić information content (AvgIpc) is 2.99. The zero-order chi connectivity index (χ0) is 16.9. The van der Waals surface area contributed by atoms with Crippen LogP contribution < -0.4 is 5.32 Å². The van der Waals surface area contributed by atoms with Gasteiger partial charge in [-0.15, -0.1) is 0 Å². The smallest absolute Gasteiger partial charge is 0.251 e. The molecule has 0 spiro atoms. The molecule has 2 aromatic rings. The third kappa shape index (κ3) is 5.21. The monoisotopic (exact) mass is 315 g/mol. The Hall–Kier alpha value is -2.14. The van der Waals surface area contributed by atoms with Crippen molar-refractivity contribution >= 4 is 5.91 Å². The van der Waals surface area contributed by atoms with E-state index in [0.717, 1.165) is 5.56 Å². The largest absolute Gasteiger partial charge is 0.393 e. The zero-order valence-electron chi connectivity index (χ0n) is 14.0. The van der Waals surface area contributed by atoms with Gasteiger partial charge < -0.3 is 10.4 Å². The molecule has 1 heterocycles. The lowest BCUT2D eigenvalue weighted by Crippen LogP contribution is -2.32. The van der Waals surface area contributed by atoms with E-state index in [2.05, 4.69) is 10.4 Å². The fraction of sp³-hybridized carbons (Fsp3) is 0.444. The van der Waals surface area contributed by atoms with Crippen LogP contribution in [0.3, 0.4) is 0 Å². The first-order chi connectivity index (χ1) is 10.9. The zero-order valence-corrected chi connectivity index (χ0v) is 14.0. The molecule has 0 aliphatic rings. The summed E-state index contributed by atoms with van der Waals surface area (Å²) in [6, 6.07) is 9.37. The number of nitrogens with zero attached hydrogens (tertiary/aromatic N) is 2. The van der Waals surface area contributed by atoms with Crippen LogP contribution in [0.2, 0.25) is 0 Å². The summed E-state index contributed by atoms with van der Waals surface area (Å²) >= 11 is 0. The van der Waals surface area contributed by atoms with Crippen LogP contribution in [0.5, 0.6) is 0 Å². The molecular formula is C18H25N3O2. The molecule has 2 N–H and O–H groups in total. The molecule has 0 fully saturated rings. The SMILES string of the molecule is CC(C)(C)C(O)CCNC(=O)c1ccc(Cn2cccn2)cc1. The minimum absolute atomic E-state index is 0.114. The van der Waals surface area contributed by atoms with E-state index in [-0.39, 0.29) is 11.3 Å². The second kappa shape index (κ2) is 7.42. The van der Waals surface area contributed by atoms with Gasteiger partial charge in [-0.1, -0.05) is 32.9 Å². The van der Waals surface area contributed by atoms with Gasteiger partial charge in [0.25, 0.3) is 5.91 Å². The number of rotatable bonds is 6. The van der Waals surface area contributed by atoms with Crippen LogP contribution in [0.1, 0.15) is 43.1 Å². The number of nitrogens with one attached hydrogen (secondary N) is 1. The highest BCUT2D eigenvalue weighted by atomic mass is 16.3. The van der Waals surface area contributed by atoms with Crippen LogP contribution in [-0.2, 0) is 6.54 Å². The van der Waals surface area contributed by atoms with E-state index in [1.165, 1.54) is 0 Å². The number of aliphatic hydroxyl groups excluding tert-OH is 1. The van der Waals surface area contributed by atoms with Crippen molar-refractivity contribution in [3.63, 3.8) is 0 Å². The van der Waals surface area contributed by atoms with E-state index in [9.17, 15) is 9.90 Å². The molecule has 1 aromatic heterocycles. The van der Waals surface area contributed by atoms with Crippen LogP contribution in [0.15, 0.2) is 42.7 Å². The molecule has 1 unspecified atom stereocenters. The number of hydrogen-bond donors (Lipinski definition) is 2. The van der Waals surface area contributed by atoms with Crippen molar-refractivity contribution in [1.29, 1.82) is 0 Å². The summed E-state index contributed by atoms with van der Waals surface area (Å²) in [6.45, 7) is 7.10. The molecule has 0 saturated carbocycles. The van der Waals surface area contributed by atoms with Crippen molar-refractivity contribution in [1.82, 2.24) is 15.1 Å². The standard InChI is InChI=1S/C18H25N3O2/c1-18(2,3)16(22)9-11-19-17(23)15-7-5-14(6-8-15)13-21-12-4-10-20-21/h4-8,10,12,16,22H,9,11,13H2,1-3H3,(H,19,23). The first kappa shape index (κ1) is 17.2. The first-order valence-corrected chi connectivity index (χ1v) is 7.89. The molecule has 0 saturated heterocycles. The van der Waals surface area contributed by atoms with E-state index in [1.54, 1.807) is 6.20 Å². The van der Waals surface area contributed by atoms with Crippen molar-refractivity contribution in [2.45, 2.75) is 39.8 Å². The minimum atomic E-state index is -0.431. The van der Waals surface area contributed by atoms with Crippen LogP contribution in [0.25, 0.3) is 0 Å². The molecule has 2 rings (SSSR count). The van der Waals surface area contributed by atoms with Crippen molar-refractivity contribution in [2.75, 3.05) is 6.54 Å². The van der Waals surface area contributed by atoms with Crippen molar-refractivity contribution in [3.8, 4) is 0 Å². The van der Waals surface area contributed by atoms with Crippen molar-refractivity contribution in [2.24, 2.45) is 5.41 Å². The van der Waals surface area contributed by atoms with Gasteiger partial charge in [-0.05, 0) is 35.6 Å². The Morgan fingerprint density at radius 3 is 2.57 bits per heavy atom. The van der Waals surface area contributed by atoms with E-state index in [4.69, 9.17) is 0 Å². The average molecular weight is 315 g/mol. The highest BCUT2D eigenvalue weighted by Gasteiger charge is 2.21. The van der Waals surface area contributed by atoms with Gasteiger partial charge in [0, 0.05) is 24.5 Å². The summed E-state index contributed by atoms with van der Waals surface area (Å²) in [7, 11) is 0. The Bertz CT molecular complexity index is 613. The van der Waals surface area contributed by atoms with Gasteiger partial charge in [0.2, 0.25) is 0 Å². The summed E-state index contributed by atoms with van der Waals surface area (Å²) in [5.74, 6) is -0.114. The number of hydrogen-bond acceptors (Lipinski definition) is 3. The molecule has 23 heavy (non-hydrogen) atoms. The fourth-order valence-electron chi connectivity index (χ4n) is 2.20. The number of aromatic nitrogens is 2. The molecular weight excluding hydrogens is 290 g/mol. The highest BCUT2D eigenvalue weighted by molar-refractivity contribution is 5.94. The number of benzene rings is 1. The van der Waals surface area contributed by atoms with Crippen LogP contribution in [-0.4, -0.2) is 33.4 Å². The molecule has 0 radical (unpaired) electrons. The number of aliphatic hydroxyl groups is 1. The van der Waals surface area contributed by atoms with Gasteiger partial charge in [0.05, 0.1) is 12.6 Å². The van der Waals surface area contributed by atoms with Crippen LogP contribution >= 0.6 is 0 Å². The number of carbonyl (C=O) groups excluding carboxylic acids is 1. The van der Waals surface area contributed by atoms with Crippen LogP contribution in [0, 0.1) is 5.41 Å². The lowest BCUT2D eigenvalue weighted by molar-refractivity contribution is 0.0551. The van der Waals surface area contributed by atoms with E-state index >= 15 is 0 Å². The third-order valence-corrected chi connectivity index (χ3v) is 3.82. The van der Waals surface area contributed by atoms with E-state index in [1.807, 2.05) is 62.0 Å². The van der Waals surface area contributed by atoms with Gasteiger partial charge >= 0.3 is 0 Å². The van der Waals surface area contributed by atoms with Gasteiger partial charge in [0.1, 0.15) is 0 Å². The lowest BCUT2D eigenvalue weighted by Gasteiger charge is -2.25. The Kier molecular flexibility index (Phi) is 5.55. The molecule has 0 bridgehead atoms. The van der Waals surface area contributed by atoms with Gasteiger partial charge in [-0.3, -0.25) is 9.48 Å². The van der Waals surface area contributed by atoms with E-state index < -0.39 is 6.10 Å². The molecule has 0 aliphatic carbocycles. The Labute approximate surface area is 137 Å². The summed E-state index contributed by atoms with van der Waals surface area (Å²) < 4.78 is 1.84. The summed E-state index contributed by atoms with van der Waals surface area (Å²) in [5, 5.41) is 17.0. The lowest BCUT2D eigenvalue weighted by atomic mass is 9.87. The Balaban J connectivity index is 1.83. The Morgan fingerprint density at radius 1 is 1.30 bits per heavy atom. The Morgan fingerprint density at radius 2 is 2.00 bits per heavy atom. The molecule has 1 atom stereocenters. The molecule has 5 nitrogen and oxygen atoms in total. The number of amides is 1. The third-order valence-electron chi connectivity index (χ3n) is 3.82.